The summed E-state index contributed by atoms with van der Waals surface area (Å²) in [7, 11) is 3.51. The highest BCUT2D eigenvalue weighted by atomic mass is 19.4. The van der Waals surface area contributed by atoms with Gasteiger partial charge in [0.2, 0.25) is 0 Å². The van der Waals surface area contributed by atoms with E-state index < -0.39 is 47.6 Å². The highest BCUT2D eigenvalue weighted by Crippen LogP contribution is 2.36. The fraction of sp³-hybridized carbons (Fsp3) is 0.214. The van der Waals surface area contributed by atoms with Crippen molar-refractivity contribution in [2.24, 2.45) is 5.73 Å². The van der Waals surface area contributed by atoms with Crippen molar-refractivity contribution in [3.8, 4) is 17.3 Å². The van der Waals surface area contributed by atoms with Gasteiger partial charge in [0.05, 0.1) is 7.11 Å². The number of nitrogens with two attached hydrogens (primary N) is 1. The number of nitrogens with zero attached hydrogens (tertiary/aromatic N) is 4. The number of esters is 1. The van der Waals surface area contributed by atoms with E-state index in [1.54, 1.807) is 12.1 Å². The number of methoxy groups -OCH3 is 1. The highest BCUT2D eigenvalue weighted by Gasteiger charge is 2.44. The van der Waals surface area contributed by atoms with Crippen molar-refractivity contribution in [3.63, 3.8) is 0 Å². The Labute approximate surface area is 257 Å². The van der Waals surface area contributed by atoms with Crippen LogP contribution in [-0.2, 0) is 14.3 Å². The number of hydrogen-bond donors (Lipinski definition) is 4. The molecule has 14 nitrogen and oxygen atoms in total. The zero-order chi connectivity index (χ0) is 33.8. The lowest BCUT2D eigenvalue weighted by Gasteiger charge is -2.24. The van der Waals surface area contributed by atoms with Gasteiger partial charge in [-0.15, -0.1) is 5.10 Å². The molecular formula is C28H26F4N8O6. The standard InChI is InChI=1S/C28H26F4N8O6/c1-39(2)24(41)25(46-26(42)28(30,31)32)45-18-13-16(44-3)12-17(20(18)29)21(36-15-9-7-14(8-10-15)22(33)34)23-37-27(43)40(38-23)19-6-4-5-11-35-19/h4-13,21,25,36H,1-3H3,(H3,33,34)(H,37,38,43). The van der Waals surface area contributed by atoms with E-state index >= 15 is 4.39 Å². The number of pyridine rings is 1. The first-order valence-corrected chi connectivity index (χ1v) is 13.0. The van der Waals surface area contributed by atoms with Crippen LogP contribution in [0.5, 0.6) is 11.5 Å². The molecule has 0 aliphatic carbocycles. The number of halogens is 4. The van der Waals surface area contributed by atoms with Crippen LogP contribution >= 0.6 is 0 Å². The van der Waals surface area contributed by atoms with Crippen molar-refractivity contribution in [2.45, 2.75) is 18.5 Å². The largest absolute Gasteiger partial charge is 0.497 e. The van der Waals surface area contributed by atoms with Gasteiger partial charge < -0.3 is 30.2 Å². The third kappa shape index (κ3) is 7.40. The Bertz CT molecular complexity index is 1790. The Morgan fingerprint density at radius 2 is 1.83 bits per heavy atom. The zero-order valence-electron chi connectivity index (χ0n) is 24.3. The Morgan fingerprint density at radius 1 is 1.13 bits per heavy atom. The lowest BCUT2D eigenvalue weighted by molar-refractivity contribution is -0.218. The smallest absolute Gasteiger partial charge is 0.491 e. The van der Waals surface area contributed by atoms with E-state index in [0.29, 0.717) is 11.3 Å². The third-order valence-corrected chi connectivity index (χ3v) is 6.19. The molecule has 0 aliphatic rings. The number of nitrogen functional groups attached to an aromatic ring is 1. The minimum absolute atomic E-state index is 0.102. The molecule has 242 valence electrons. The Kier molecular flexibility index (Phi) is 9.58. The molecule has 18 heteroatoms. The summed E-state index contributed by atoms with van der Waals surface area (Å²) in [6.07, 6.45) is -6.62. The second-order valence-corrected chi connectivity index (χ2v) is 9.60. The van der Waals surface area contributed by atoms with E-state index in [1.807, 2.05) is 0 Å². The van der Waals surface area contributed by atoms with Crippen molar-refractivity contribution >= 4 is 23.4 Å². The van der Waals surface area contributed by atoms with E-state index in [9.17, 15) is 27.6 Å². The molecule has 0 radical (unpaired) electrons. The second-order valence-electron chi connectivity index (χ2n) is 9.60. The Balaban J connectivity index is 1.85. The van der Waals surface area contributed by atoms with Gasteiger partial charge in [-0.2, -0.15) is 17.9 Å². The van der Waals surface area contributed by atoms with Gasteiger partial charge in [-0.3, -0.25) is 15.2 Å². The molecule has 5 N–H and O–H groups in total. The molecule has 4 rings (SSSR count). The second kappa shape index (κ2) is 13.4. The van der Waals surface area contributed by atoms with Gasteiger partial charge in [0.1, 0.15) is 17.6 Å². The number of benzene rings is 2. The molecule has 2 heterocycles. The fourth-order valence-electron chi connectivity index (χ4n) is 3.93. The van der Waals surface area contributed by atoms with Crippen molar-refractivity contribution in [1.82, 2.24) is 24.6 Å². The van der Waals surface area contributed by atoms with Crippen LogP contribution in [0.4, 0.5) is 23.2 Å². The normalized spacial score (nSPS) is 12.5. The maximum atomic E-state index is 16.3. The first-order chi connectivity index (χ1) is 21.7. The summed E-state index contributed by atoms with van der Waals surface area (Å²) in [6.45, 7) is 0. The summed E-state index contributed by atoms with van der Waals surface area (Å²) in [5, 5.41) is 14.9. The lowest BCUT2D eigenvalue weighted by atomic mass is 10.0. The fourth-order valence-corrected chi connectivity index (χ4v) is 3.93. The van der Waals surface area contributed by atoms with E-state index in [1.165, 1.54) is 49.7 Å². The molecule has 0 fully saturated rings. The number of amides is 1. The van der Waals surface area contributed by atoms with E-state index in [2.05, 4.69) is 25.1 Å². The quantitative estimate of drug-likeness (QED) is 0.0619. The van der Waals surface area contributed by atoms with Crippen LogP contribution in [0.15, 0.2) is 65.6 Å². The number of alkyl halides is 3. The predicted octanol–water partition coefficient (Wildman–Crippen LogP) is 2.49. The minimum atomic E-state index is -5.49. The van der Waals surface area contributed by atoms with Gasteiger partial charge in [-0.05, 0) is 42.5 Å². The topological polar surface area (TPSA) is 191 Å². The van der Waals surface area contributed by atoms with Crippen molar-refractivity contribution in [1.29, 1.82) is 5.41 Å². The summed E-state index contributed by atoms with van der Waals surface area (Å²) in [6, 6.07) is 11.5. The minimum Gasteiger partial charge on any atom is -0.497 e. The molecule has 0 spiro atoms. The van der Waals surface area contributed by atoms with Gasteiger partial charge in [-0.1, -0.05) is 6.07 Å². The number of amidine groups is 1. The summed E-state index contributed by atoms with van der Waals surface area (Å²) >= 11 is 0. The molecule has 0 saturated carbocycles. The van der Waals surface area contributed by atoms with Gasteiger partial charge in [0.25, 0.3) is 0 Å². The number of carbonyl (C=O) groups excluding carboxylic acids is 2. The van der Waals surface area contributed by atoms with Gasteiger partial charge in [0, 0.05) is 43.2 Å². The van der Waals surface area contributed by atoms with Crippen molar-refractivity contribution in [3.05, 3.63) is 94.0 Å². The van der Waals surface area contributed by atoms with Gasteiger partial charge in [0.15, 0.2) is 23.2 Å². The molecule has 4 aromatic rings. The maximum absolute atomic E-state index is 16.3. The number of ether oxygens (including phenoxy) is 3. The van der Waals surface area contributed by atoms with Crippen molar-refractivity contribution < 1.29 is 41.4 Å². The van der Waals surface area contributed by atoms with Crippen LogP contribution in [0.2, 0.25) is 0 Å². The molecule has 46 heavy (non-hydrogen) atoms. The number of rotatable bonds is 11. The lowest BCUT2D eigenvalue weighted by Crippen LogP contribution is -2.43. The monoisotopic (exact) mass is 646 g/mol. The van der Waals surface area contributed by atoms with Crippen LogP contribution in [0.25, 0.3) is 5.82 Å². The number of carbonyl (C=O) groups is 2. The molecule has 2 unspecified atom stereocenters. The van der Waals surface area contributed by atoms with Crippen LogP contribution in [0.3, 0.4) is 0 Å². The average Bonchev–Trinajstić information content (AvgIpc) is 3.41. The molecule has 1 amide bonds. The highest BCUT2D eigenvalue weighted by molar-refractivity contribution is 5.95. The zero-order valence-corrected chi connectivity index (χ0v) is 24.3. The molecular weight excluding hydrogens is 620 g/mol. The first kappa shape index (κ1) is 33.0. The summed E-state index contributed by atoms with van der Waals surface area (Å²) < 4.78 is 70.9. The van der Waals surface area contributed by atoms with Crippen molar-refractivity contribution in [2.75, 3.05) is 26.5 Å². The van der Waals surface area contributed by atoms with E-state index in [0.717, 1.165) is 29.7 Å². The molecule has 2 atom stereocenters. The molecule has 0 aliphatic heterocycles. The SMILES string of the molecule is COc1cc(OC(OC(=O)C(F)(F)F)C(=O)N(C)C)c(F)c(C(Nc2ccc(C(=N)N)cc2)c2nn(-c3ccccn3)c(=O)[nH]2)c1. The average molecular weight is 647 g/mol. The Hall–Kier alpha value is -5.94. The molecule has 0 bridgehead atoms. The number of aromatic nitrogens is 4. The predicted molar refractivity (Wildman–Crippen MR) is 153 cm³/mol. The van der Waals surface area contributed by atoms with E-state index in [4.69, 9.17) is 20.6 Å². The number of likely N-dealkylation sites (N-methyl/N-ethyl adjacent to an activating group) is 1. The number of H-pyrrole nitrogens is 1. The summed E-state index contributed by atoms with van der Waals surface area (Å²) in [4.78, 5) is 44.5. The molecule has 0 saturated heterocycles. The first-order valence-electron chi connectivity index (χ1n) is 13.0. The number of anilines is 1. The van der Waals surface area contributed by atoms with Crippen LogP contribution < -0.4 is 26.2 Å². The molecule has 2 aromatic heterocycles. The van der Waals surface area contributed by atoms with Gasteiger partial charge in [-0.25, -0.2) is 19.0 Å². The number of hydrogen-bond acceptors (Lipinski definition) is 10. The molecule has 2 aromatic carbocycles. The van der Waals surface area contributed by atoms with Gasteiger partial charge >= 0.3 is 30.0 Å². The number of nitrogens with one attached hydrogen (secondary N) is 3. The van der Waals surface area contributed by atoms with Crippen LogP contribution in [0, 0.1) is 11.2 Å². The van der Waals surface area contributed by atoms with Crippen LogP contribution in [0.1, 0.15) is 23.0 Å². The number of aromatic amines is 1. The van der Waals surface area contributed by atoms with Crippen LogP contribution in [-0.4, -0.2) is 76.0 Å². The maximum Gasteiger partial charge on any atom is 0.491 e. The van der Waals surface area contributed by atoms with E-state index in [-0.39, 0.29) is 28.8 Å². The Morgan fingerprint density at radius 3 is 2.39 bits per heavy atom. The summed E-state index contributed by atoms with van der Waals surface area (Å²) in [5.41, 5.74) is 5.16. The summed E-state index contributed by atoms with van der Waals surface area (Å²) in [5.74, 6) is -6.42. The third-order valence-electron chi connectivity index (χ3n) is 6.19.